The maximum Gasteiger partial charge on any atom is 0.137 e. The van der Waals surface area contributed by atoms with Crippen molar-refractivity contribution in [3.8, 4) is 0 Å². The van der Waals surface area contributed by atoms with E-state index in [0.717, 1.165) is 9.37 Å². The molecule has 2 aromatic carbocycles. The SMILES string of the molecule is OCc1cccc(F)c1Sc1ccc(Br)cc1. The van der Waals surface area contributed by atoms with E-state index in [0.29, 0.717) is 10.5 Å². The fourth-order valence-corrected chi connectivity index (χ4v) is 2.61. The number of hydrogen-bond donors (Lipinski definition) is 1. The number of rotatable bonds is 3. The molecule has 17 heavy (non-hydrogen) atoms. The van der Waals surface area contributed by atoms with Crippen molar-refractivity contribution in [1.29, 1.82) is 0 Å². The van der Waals surface area contributed by atoms with Crippen molar-refractivity contribution in [1.82, 2.24) is 0 Å². The van der Waals surface area contributed by atoms with Gasteiger partial charge in [-0.1, -0.05) is 39.8 Å². The van der Waals surface area contributed by atoms with Gasteiger partial charge in [-0.05, 0) is 35.9 Å². The van der Waals surface area contributed by atoms with E-state index in [1.54, 1.807) is 12.1 Å². The summed E-state index contributed by atoms with van der Waals surface area (Å²) in [5.74, 6) is -0.301. The summed E-state index contributed by atoms with van der Waals surface area (Å²) in [7, 11) is 0. The van der Waals surface area contributed by atoms with Gasteiger partial charge in [0.1, 0.15) is 5.82 Å². The highest BCUT2D eigenvalue weighted by Gasteiger charge is 2.09. The first kappa shape index (κ1) is 12.6. The van der Waals surface area contributed by atoms with Gasteiger partial charge in [-0.25, -0.2) is 4.39 Å². The Balaban J connectivity index is 2.32. The van der Waals surface area contributed by atoms with Crippen LogP contribution >= 0.6 is 27.7 Å². The second-order valence-corrected chi connectivity index (χ2v) is 5.44. The normalized spacial score (nSPS) is 10.5. The molecule has 0 amide bonds. The first-order chi connectivity index (χ1) is 8.20. The molecule has 0 atom stereocenters. The Labute approximate surface area is 112 Å². The predicted molar refractivity (Wildman–Crippen MR) is 70.6 cm³/mol. The molecule has 0 unspecified atom stereocenters. The largest absolute Gasteiger partial charge is 0.392 e. The van der Waals surface area contributed by atoms with Crippen LogP contribution in [0.5, 0.6) is 0 Å². The molecule has 1 nitrogen and oxygen atoms in total. The zero-order valence-corrected chi connectivity index (χ0v) is 11.3. The van der Waals surface area contributed by atoms with Crippen LogP contribution < -0.4 is 0 Å². The molecule has 0 saturated carbocycles. The Morgan fingerprint density at radius 2 is 1.82 bits per heavy atom. The highest BCUT2D eigenvalue weighted by Crippen LogP contribution is 2.33. The van der Waals surface area contributed by atoms with E-state index in [4.69, 9.17) is 0 Å². The third-order valence-electron chi connectivity index (χ3n) is 2.25. The molecule has 0 aliphatic rings. The summed E-state index contributed by atoms with van der Waals surface area (Å²) in [5.41, 5.74) is 0.609. The topological polar surface area (TPSA) is 20.2 Å². The van der Waals surface area contributed by atoms with Gasteiger partial charge >= 0.3 is 0 Å². The molecular formula is C13H10BrFOS. The van der Waals surface area contributed by atoms with Crippen molar-refractivity contribution < 1.29 is 9.50 Å². The minimum Gasteiger partial charge on any atom is -0.392 e. The maximum absolute atomic E-state index is 13.7. The Bertz CT molecular complexity index is 513. The highest BCUT2D eigenvalue weighted by molar-refractivity contribution is 9.10. The van der Waals surface area contributed by atoms with Crippen LogP contribution in [0.1, 0.15) is 5.56 Å². The van der Waals surface area contributed by atoms with Crippen molar-refractivity contribution in [2.75, 3.05) is 0 Å². The Morgan fingerprint density at radius 3 is 2.47 bits per heavy atom. The summed E-state index contributed by atoms with van der Waals surface area (Å²) in [6, 6.07) is 12.4. The standard InChI is InChI=1S/C13H10BrFOS/c14-10-4-6-11(7-5-10)17-13-9(8-16)2-1-3-12(13)15/h1-7,16H,8H2. The first-order valence-corrected chi connectivity index (χ1v) is 6.63. The molecule has 1 N–H and O–H groups in total. The zero-order valence-electron chi connectivity index (χ0n) is 8.86. The zero-order chi connectivity index (χ0) is 12.3. The first-order valence-electron chi connectivity index (χ1n) is 5.02. The van der Waals surface area contributed by atoms with Crippen molar-refractivity contribution in [3.05, 3.63) is 58.3 Å². The van der Waals surface area contributed by atoms with Gasteiger partial charge in [-0.3, -0.25) is 0 Å². The summed E-state index contributed by atoms with van der Waals surface area (Å²) in [5, 5.41) is 9.18. The predicted octanol–water partition coefficient (Wildman–Crippen LogP) is 4.23. The molecule has 2 rings (SSSR count). The second-order valence-electron chi connectivity index (χ2n) is 3.44. The van der Waals surface area contributed by atoms with E-state index < -0.39 is 0 Å². The van der Waals surface area contributed by atoms with Crippen molar-refractivity contribution in [2.24, 2.45) is 0 Å². The van der Waals surface area contributed by atoms with E-state index in [-0.39, 0.29) is 12.4 Å². The summed E-state index contributed by atoms with van der Waals surface area (Å²) in [6.45, 7) is -0.156. The smallest absolute Gasteiger partial charge is 0.137 e. The third-order valence-corrected chi connectivity index (χ3v) is 3.95. The fraction of sp³-hybridized carbons (Fsp3) is 0.0769. The highest BCUT2D eigenvalue weighted by atomic mass is 79.9. The Morgan fingerprint density at radius 1 is 1.12 bits per heavy atom. The Kier molecular flexibility index (Phi) is 4.20. The van der Waals surface area contributed by atoms with E-state index in [1.165, 1.54) is 17.8 Å². The molecule has 0 aliphatic heterocycles. The summed E-state index contributed by atoms with van der Waals surface area (Å²) < 4.78 is 14.6. The van der Waals surface area contributed by atoms with Crippen molar-refractivity contribution in [3.63, 3.8) is 0 Å². The average molecular weight is 313 g/mol. The summed E-state index contributed by atoms with van der Waals surface area (Å²) >= 11 is 4.67. The van der Waals surface area contributed by atoms with Gasteiger partial charge in [0.15, 0.2) is 0 Å². The van der Waals surface area contributed by atoms with Crippen LogP contribution in [0, 0.1) is 5.82 Å². The van der Waals surface area contributed by atoms with E-state index >= 15 is 0 Å². The van der Waals surface area contributed by atoms with Crippen LogP contribution in [0.15, 0.2) is 56.7 Å². The number of aliphatic hydroxyl groups excluding tert-OH is 1. The van der Waals surface area contributed by atoms with Crippen LogP contribution in [0.25, 0.3) is 0 Å². The van der Waals surface area contributed by atoms with E-state index in [1.807, 2.05) is 24.3 Å². The number of benzene rings is 2. The molecule has 0 aliphatic carbocycles. The third kappa shape index (κ3) is 3.09. The van der Waals surface area contributed by atoms with Crippen LogP contribution in [0.3, 0.4) is 0 Å². The molecule has 4 heteroatoms. The second kappa shape index (κ2) is 5.67. The summed E-state index contributed by atoms with van der Waals surface area (Å²) in [6.07, 6.45) is 0. The minimum absolute atomic E-state index is 0.156. The number of aliphatic hydroxyl groups is 1. The molecule has 0 heterocycles. The van der Waals surface area contributed by atoms with Gasteiger partial charge < -0.3 is 5.11 Å². The molecule has 0 radical (unpaired) electrons. The average Bonchev–Trinajstić information content (AvgIpc) is 2.34. The van der Waals surface area contributed by atoms with Crippen LogP contribution in [-0.2, 0) is 6.61 Å². The fourth-order valence-electron chi connectivity index (χ4n) is 1.41. The number of hydrogen-bond acceptors (Lipinski definition) is 2. The quantitative estimate of drug-likeness (QED) is 0.915. The summed E-state index contributed by atoms with van der Waals surface area (Å²) in [4.78, 5) is 1.42. The Hall–Kier alpha value is -0.840. The van der Waals surface area contributed by atoms with Gasteiger partial charge in [-0.2, -0.15) is 0 Å². The van der Waals surface area contributed by atoms with E-state index in [2.05, 4.69) is 15.9 Å². The lowest BCUT2D eigenvalue weighted by Crippen LogP contribution is -1.91. The number of halogens is 2. The van der Waals surface area contributed by atoms with Crippen molar-refractivity contribution >= 4 is 27.7 Å². The molecule has 0 spiro atoms. The lowest BCUT2D eigenvalue weighted by Gasteiger charge is -2.08. The minimum atomic E-state index is -0.301. The van der Waals surface area contributed by atoms with Gasteiger partial charge in [0.2, 0.25) is 0 Å². The lowest BCUT2D eigenvalue weighted by molar-refractivity contribution is 0.277. The van der Waals surface area contributed by atoms with Crippen LogP contribution in [0.2, 0.25) is 0 Å². The lowest BCUT2D eigenvalue weighted by atomic mass is 10.2. The van der Waals surface area contributed by atoms with E-state index in [9.17, 15) is 9.50 Å². The van der Waals surface area contributed by atoms with Crippen molar-refractivity contribution in [2.45, 2.75) is 16.4 Å². The van der Waals surface area contributed by atoms with Crippen LogP contribution in [0.4, 0.5) is 4.39 Å². The molecule has 88 valence electrons. The van der Waals surface area contributed by atoms with Gasteiger partial charge in [0.05, 0.1) is 11.5 Å². The maximum atomic E-state index is 13.7. The van der Waals surface area contributed by atoms with Gasteiger partial charge in [0.25, 0.3) is 0 Å². The molecule has 2 aromatic rings. The molecule has 0 aromatic heterocycles. The monoisotopic (exact) mass is 312 g/mol. The van der Waals surface area contributed by atoms with Gasteiger partial charge in [-0.15, -0.1) is 0 Å². The molecule has 0 bridgehead atoms. The molecule has 0 fully saturated rings. The molecular weight excluding hydrogens is 303 g/mol. The van der Waals surface area contributed by atoms with Gasteiger partial charge in [0, 0.05) is 9.37 Å². The van der Waals surface area contributed by atoms with Crippen LogP contribution in [-0.4, -0.2) is 5.11 Å². The molecule has 0 saturated heterocycles.